The summed E-state index contributed by atoms with van der Waals surface area (Å²) >= 11 is 0. The molecule has 16 heavy (non-hydrogen) atoms. The smallest absolute Gasteiger partial charge is 0.264 e. The topological polar surface area (TPSA) is 46.6 Å². The lowest BCUT2D eigenvalue weighted by Crippen LogP contribution is -2.35. The van der Waals surface area contributed by atoms with E-state index in [0.29, 0.717) is 6.61 Å². The van der Waals surface area contributed by atoms with Gasteiger partial charge in [-0.3, -0.25) is 4.18 Å². The van der Waals surface area contributed by atoms with Crippen LogP contribution in [0.2, 0.25) is 0 Å². The van der Waals surface area contributed by atoms with Crippen LogP contribution in [0.15, 0.2) is 0 Å². The van der Waals surface area contributed by atoms with Gasteiger partial charge in [0.2, 0.25) is 0 Å². The largest absolute Gasteiger partial charge is 0.303 e. The van der Waals surface area contributed by atoms with Crippen LogP contribution in [0, 0.1) is 5.92 Å². The third kappa shape index (κ3) is 7.44. The molecule has 4 nitrogen and oxygen atoms in total. The highest BCUT2D eigenvalue weighted by Crippen LogP contribution is 2.15. The minimum atomic E-state index is -3.26. The maximum Gasteiger partial charge on any atom is 0.264 e. The van der Waals surface area contributed by atoms with Crippen LogP contribution < -0.4 is 0 Å². The van der Waals surface area contributed by atoms with E-state index in [1.165, 1.54) is 12.8 Å². The standard InChI is InChI=1S/C10H21NO3S.ClH/c1-10-5-3-6-11(9-10)7-4-8-14-15(2,12)13;/h10H,3-9H2,1-2H3;1H. The average Bonchev–Trinajstić information content (AvgIpc) is 2.11. The van der Waals surface area contributed by atoms with E-state index in [0.717, 1.165) is 38.2 Å². The zero-order chi connectivity index (χ0) is 11.3. The summed E-state index contributed by atoms with van der Waals surface area (Å²) in [6, 6.07) is 0. The Balaban J connectivity index is 0.00000225. The van der Waals surface area contributed by atoms with Gasteiger partial charge in [-0.25, -0.2) is 0 Å². The Morgan fingerprint density at radius 1 is 1.44 bits per heavy atom. The molecule has 1 aliphatic heterocycles. The zero-order valence-electron chi connectivity index (χ0n) is 10.0. The minimum absolute atomic E-state index is 0. The molecule has 0 radical (unpaired) electrons. The second kappa shape index (κ2) is 7.48. The molecule has 1 atom stereocenters. The quantitative estimate of drug-likeness (QED) is 0.562. The lowest BCUT2D eigenvalue weighted by atomic mass is 10.0. The fourth-order valence-electron chi connectivity index (χ4n) is 1.99. The third-order valence-electron chi connectivity index (χ3n) is 2.66. The SMILES string of the molecule is CC1CCCN(CCCOS(C)(=O)=O)C1.Cl. The first-order valence-electron chi connectivity index (χ1n) is 5.54. The fourth-order valence-corrected chi connectivity index (χ4v) is 2.41. The second-order valence-electron chi connectivity index (χ2n) is 4.43. The van der Waals surface area contributed by atoms with E-state index in [2.05, 4.69) is 11.8 Å². The number of halogens is 1. The van der Waals surface area contributed by atoms with Gasteiger partial charge < -0.3 is 4.90 Å². The Kier molecular flexibility index (Phi) is 7.55. The van der Waals surface area contributed by atoms with Crippen molar-refractivity contribution in [2.24, 2.45) is 5.92 Å². The monoisotopic (exact) mass is 271 g/mol. The number of rotatable bonds is 5. The zero-order valence-corrected chi connectivity index (χ0v) is 11.6. The van der Waals surface area contributed by atoms with Crippen LogP contribution in [0.4, 0.5) is 0 Å². The van der Waals surface area contributed by atoms with E-state index < -0.39 is 10.1 Å². The summed E-state index contributed by atoms with van der Waals surface area (Å²) in [5.74, 6) is 0.773. The molecule has 0 aromatic heterocycles. The Morgan fingerprint density at radius 3 is 2.69 bits per heavy atom. The van der Waals surface area contributed by atoms with Gasteiger partial charge in [0.15, 0.2) is 0 Å². The van der Waals surface area contributed by atoms with E-state index in [9.17, 15) is 8.42 Å². The molecule has 0 spiro atoms. The summed E-state index contributed by atoms with van der Waals surface area (Å²) in [7, 11) is -3.26. The molecule has 0 aromatic carbocycles. The first kappa shape index (κ1) is 16.2. The first-order chi connectivity index (χ1) is 6.97. The molecule has 1 heterocycles. The van der Waals surface area contributed by atoms with Crippen LogP contribution in [-0.4, -0.2) is 45.8 Å². The van der Waals surface area contributed by atoms with Crippen LogP contribution in [0.3, 0.4) is 0 Å². The molecule has 0 aliphatic carbocycles. The van der Waals surface area contributed by atoms with Crippen molar-refractivity contribution < 1.29 is 12.6 Å². The average molecular weight is 272 g/mol. The predicted molar refractivity (Wildman–Crippen MR) is 67.5 cm³/mol. The molecule has 0 saturated carbocycles. The molecule has 98 valence electrons. The Labute approximate surface area is 105 Å². The number of piperidine rings is 1. The number of hydrogen-bond acceptors (Lipinski definition) is 4. The lowest BCUT2D eigenvalue weighted by molar-refractivity contribution is 0.171. The third-order valence-corrected chi connectivity index (χ3v) is 3.25. The molecule has 0 amide bonds. The van der Waals surface area contributed by atoms with Gasteiger partial charge in [0.1, 0.15) is 0 Å². The van der Waals surface area contributed by atoms with Crippen LogP contribution in [0.1, 0.15) is 26.2 Å². The van der Waals surface area contributed by atoms with Crippen LogP contribution in [0.5, 0.6) is 0 Å². The van der Waals surface area contributed by atoms with Crippen molar-refractivity contribution >= 4 is 22.5 Å². The van der Waals surface area contributed by atoms with Gasteiger partial charge in [0.05, 0.1) is 12.9 Å². The van der Waals surface area contributed by atoms with Crippen molar-refractivity contribution in [2.75, 3.05) is 32.5 Å². The van der Waals surface area contributed by atoms with Crippen molar-refractivity contribution in [1.29, 1.82) is 0 Å². The van der Waals surface area contributed by atoms with Crippen molar-refractivity contribution in [2.45, 2.75) is 26.2 Å². The Morgan fingerprint density at radius 2 is 2.12 bits per heavy atom. The van der Waals surface area contributed by atoms with Crippen molar-refractivity contribution in [3.63, 3.8) is 0 Å². The van der Waals surface area contributed by atoms with Gasteiger partial charge in [0.25, 0.3) is 10.1 Å². The molecule has 0 bridgehead atoms. The van der Waals surface area contributed by atoms with E-state index in [1.54, 1.807) is 0 Å². The molecule has 0 aromatic rings. The maximum atomic E-state index is 10.7. The number of nitrogens with zero attached hydrogens (tertiary/aromatic N) is 1. The fraction of sp³-hybridized carbons (Fsp3) is 1.00. The second-order valence-corrected chi connectivity index (χ2v) is 6.07. The summed E-state index contributed by atoms with van der Waals surface area (Å²) in [6.45, 7) is 5.80. The molecule has 1 saturated heterocycles. The Bertz CT molecular complexity index is 282. The Hall–Kier alpha value is 0.160. The summed E-state index contributed by atoms with van der Waals surface area (Å²) in [5, 5.41) is 0. The van der Waals surface area contributed by atoms with Crippen LogP contribution in [0.25, 0.3) is 0 Å². The molecule has 1 aliphatic rings. The summed E-state index contributed by atoms with van der Waals surface area (Å²) in [6.07, 6.45) is 4.46. The van der Waals surface area contributed by atoms with Gasteiger partial charge in [-0.1, -0.05) is 6.92 Å². The molecular weight excluding hydrogens is 250 g/mol. The van der Waals surface area contributed by atoms with Crippen molar-refractivity contribution in [3.05, 3.63) is 0 Å². The normalized spacial score (nSPS) is 22.8. The van der Waals surface area contributed by atoms with Crippen molar-refractivity contribution in [1.82, 2.24) is 4.90 Å². The molecule has 6 heteroatoms. The van der Waals surface area contributed by atoms with Gasteiger partial charge in [-0.2, -0.15) is 8.42 Å². The first-order valence-corrected chi connectivity index (χ1v) is 7.36. The maximum absolute atomic E-state index is 10.7. The van der Waals surface area contributed by atoms with Crippen LogP contribution >= 0.6 is 12.4 Å². The van der Waals surface area contributed by atoms with Gasteiger partial charge in [-0.15, -0.1) is 12.4 Å². The number of hydrogen-bond donors (Lipinski definition) is 0. The molecular formula is C10H22ClNO3S. The van der Waals surface area contributed by atoms with E-state index in [1.807, 2.05) is 0 Å². The summed E-state index contributed by atoms with van der Waals surface area (Å²) in [5.41, 5.74) is 0. The van der Waals surface area contributed by atoms with E-state index >= 15 is 0 Å². The molecule has 1 unspecified atom stereocenters. The van der Waals surface area contributed by atoms with E-state index in [-0.39, 0.29) is 12.4 Å². The van der Waals surface area contributed by atoms with Gasteiger partial charge in [-0.05, 0) is 31.7 Å². The lowest BCUT2D eigenvalue weighted by Gasteiger charge is -2.30. The van der Waals surface area contributed by atoms with E-state index in [4.69, 9.17) is 4.18 Å². The highest BCUT2D eigenvalue weighted by atomic mass is 35.5. The summed E-state index contributed by atoms with van der Waals surface area (Å²) in [4.78, 5) is 2.39. The number of likely N-dealkylation sites (tertiary alicyclic amines) is 1. The molecule has 1 rings (SSSR count). The minimum Gasteiger partial charge on any atom is -0.303 e. The van der Waals surface area contributed by atoms with Gasteiger partial charge in [0, 0.05) is 13.1 Å². The highest BCUT2D eigenvalue weighted by Gasteiger charge is 2.15. The summed E-state index contributed by atoms with van der Waals surface area (Å²) < 4.78 is 26.1. The molecule has 0 N–H and O–H groups in total. The van der Waals surface area contributed by atoms with Crippen molar-refractivity contribution in [3.8, 4) is 0 Å². The predicted octanol–water partition coefficient (Wildman–Crippen LogP) is 1.51. The molecule has 1 fully saturated rings. The van der Waals surface area contributed by atoms with Gasteiger partial charge >= 0.3 is 0 Å². The van der Waals surface area contributed by atoms with Crippen LogP contribution in [-0.2, 0) is 14.3 Å². The highest BCUT2D eigenvalue weighted by molar-refractivity contribution is 7.85.